The van der Waals surface area contributed by atoms with Crippen molar-refractivity contribution >= 4 is 29.4 Å². The minimum Gasteiger partial charge on any atom is -0.340 e. The number of nitrogens with zero attached hydrogens (tertiary/aromatic N) is 2. The molecule has 9 nitrogen and oxygen atoms in total. The molecule has 0 unspecified atom stereocenters. The summed E-state index contributed by atoms with van der Waals surface area (Å²) in [4.78, 5) is 39.9. The number of carbonyl (C=O) groups is 3. The van der Waals surface area contributed by atoms with Crippen LogP contribution in [0, 0.1) is 0 Å². The number of H-pyrrole nitrogens is 1. The molecule has 0 spiro atoms. The first kappa shape index (κ1) is 14.7. The number of para-hydroxylation sites is 1. The Labute approximate surface area is 130 Å². The van der Waals surface area contributed by atoms with E-state index in [0.717, 1.165) is 0 Å². The molecule has 0 aliphatic carbocycles. The van der Waals surface area contributed by atoms with Crippen LogP contribution in [-0.2, 0) is 9.59 Å². The molecule has 3 rings (SSSR count). The fourth-order valence-corrected chi connectivity index (χ4v) is 2.25. The first-order valence-corrected chi connectivity index (χ1v) is 6.99. The highest BCUT2D eigenvalue weighted by Crippen LogP contribution is 2.19. The van der Waals surface area contributed by atoms with E-state index in [4.69, 9.17) is 0 Å². The van der Waals surface area contributed by atoms with Crippen LogP contribution in [0.5, 0.6) is 0 Å². The summed E-state index contributed by atoms with van der Waals surface area (Å²) >= 11 is 0. The number of fused-ring (bicyclic) bond motifs is 1. The van der Waals surface area contributed by atoms with Crippen molar-refractivity contribution in [2.75, 3.05) is 10.6 Å². The SMILES string of the molecule is O=C(CC[C@@H]1NC(=O)c2ccccc2NC1=O)Nc1ncn[nH]1. The maximum Gasteiger partial charge on any atom is 0.254 e. The average Bonchev–Trinajstić information content (AvgIpc) is 3.00. The molecule has 0 saturated carbocycles. The third kappa shape index (κ3) is 3.34. The molecule has 2 aromatic rings. The van der Waals surface area contributed by atoms with Gasteiger partial charge in [-0.3, -0.25) is 19.7 Å². The highest BCUT2D eigenvalue weighted by Gasteiger charge is 2.27. The second-order valence-corrected chi connectivity index (χ2v) is 4.98. The standard InChI is InChI=1S/C14H14N6O3/c21-11(19-14-15-7-16-20-14)6-5-10-13(23)17-9-4-2-1-3-8(9)12(22)18-10/h1-4,7,10H,5-6H2,(H,17,23)(H,18,22)(H2,15,16,19,20,21)/t10-/m0/s1. The van der Waals surface area contributed by atoms with Gasteiger partial charge in [0.15, 0.2) is 0 Å². The van der Waals surface area contributed by atoms with Crippen molar-refractivity contribution in [3.05, 3.63) is 36.2 Å². The molecule has 23 heavy (non-hydrogen) atoms. The molecule has 4 N–H and O–H groups in total. The summed E-state index contributed by atoms with van der Waals surface area (Å²) < 4.78 is 0. The molecule has 2 heterocycles. The molecule has 1 aliphatic heterocycles. The van der Waals surface area contributed by atoms with Crippen LogP contribution in [0.2, 0.25) is 0 Å². The van der Waals surface area contributed by atoms with E-state index in [1.807, 2.05) is 0 Å². The zero-order valence-electron chi connectivity index (χ0n) is 12.0. The van der Waals surface area contributed by atoms with E-state index in [1.54, 1.807) is 24.3 Å². The van der Waals surface area contributed by atoms with Gasteiger partial charge in [-0.2, -0.15) is 10.1 Å². The first-order chi connectivity index (χ1) is 11.1. The van der Waals surface area contributed by atoms with Gasteiger partial charge in [-0.15, -0.1) is 0 Å². The molecular weight excluding hydrogens is 300 g/mol. The highest BCUT2D eigenvalue weighted by atomic mass is 16.2. The number of anilines is 2. The molecular formula is C14H14N6O3. The van der Waals surface area contributed by atoms with Crippen molar-refractivity contribution in [1.82, 2.24) is 20.5 Å². The van der Waals surface area contributed by atoms with Gasteiger partial charge in [0, 0.05) is 6.42 Å². The van der Waals surface area contributed by atoms with Gasteiger partial charge in [-0.25, -0.2) is 5.10 Å². The molecule has 1 aromatic heterocycles. The lowest BCUT2D eigenvalue weighted by atomic mass is 10.1. The Bertz CT molecular complexity index is 743. The summed E-state index contributed by atoms with van der Waals surface area (Å²) in [7, 11) is 0. The van der Waals surface area contributed by atoms with Crippen molar-refractivity contribution < 1.29 is 14.4 Å². The first-order valence-electron chi connectivity index (χ1n) is 6.99. The van der Waals surface area contributed by atoms with Gasteiger partial charge in [-0.05, 0) is 18.6 Å². The Morgan fingerprint density at radius 3 is 2.87 bits per heavy atom. The molecule has 1 aliphatic rings. The third-order valence-electron chi connectivity index (χ3n) is 3.38. The Morgan fingerprint density at radius 1 is 1.26 bits per heavy atom. The average molecular weight is 314 g/mol. The van der Waals surface area contributed by atoms with Crippen molar-refractivity contribution in [3.63, 3.8) is 0 Å². The summed E-state index contributed by atoms with van der Waals surface area (Å²) in [6, 6.07) is 5.96. The van der Waals surface area contributed by atoms with Gasteiger partial charge in [0.25, 0.3) is 5.91 Å². The number of hydrogen-bond acceptors (Lipinski definition) is 5. The lowest BCUT2D eigenvalue weighted by Crippen LogP contribution is -2.41. The molecule has 9 heteroatoms. The van der Waals surface area contributed by atoms with E-state index >= 15 is 0 Å². The zero-order valence-corrected chi connectivity index (χ0v) is 12.0. The fourth-order valence-electron chi connectivity index (χ4n) is 2.25. The van der Waals surface area contributed by atoms with Crippen LogP contribution in [0.25, 0.3) is 0 Å². The summed E-state index contributed by atoms with van der Waals surface area (Å²) in [6.45, 7) is 0. The van der Waals surface area contributed by atoms with Crippen LogP contribution in [0.1, 0.15) is 23.2 Å². The van der Waals surface area contributed by atoms with Crippen LogP contribution >= 0.6 is 0 Å². The van der Waals surface area contributed by atoms with Gasteiger partial charge in [-0.1, -0.05) is 12.1 Å². The number of amides is 3. The van der Waals surface area contributed by atoms with E-state index in [0.29, 0.717) is 11.3 Å². The Hall–Kier alpha value is -3.23. The smallest absolute Gasteiger partial charge is 0.254 e. The molecule has 1 atom stereocenters. The summed E-state index contributed by atoms with van der Waals surface area (Å²) in [6.07, 6.45) is 1.49. The maximum atomic E-state index is 12.2. The topological polar surface area (TPSA) is 129 Å². The van der Waals surface area contributed by atoms with Crippen LogP contribution in [0.3, 0.4) is 0 Å². The third-order valence-corrected chi connectivity index (χ3v) is 3.38. The van der Waals surface area contributed by atoms with Gasteiger partial charge in [0.1, 0.15) is 12.4 Å². The molecule has 118 valence electrons. The van der Waals surface area contributed by atoms with Gasteiger partial charge in [0.05, 0.1) is 11.3 Å². The molecule has 3 amide bonds. The molecule has 0 bridgehead atoms. The molecule has 0 radical (unpaired) electrons. The summed E-state index contributed by atoms with van der Waals surface area (Å²) in [5.74, 6) is -0.794. The molecule has 1 aromatic carbocycles. The number of aromatic amines is 1. The quantitative estimate of drug-likeness (QED) is 0.644. The fraction of sp³-hybridized carbons (Fsp3) is 0.214. The number of benzene rings is 1. The van der Waals surface area contributed by atoms with Gasteiger partial charge < -0.3 is 10.6 Å². The number of carbonyl (C=O) groups excluding carboxylic acids is 3. The van der Waals surface area contributed by atoms with Crippen molar-refractivity contribution in [2.24, 2.45) is 0 Å². The summed E-state index contributed by atoms with van der Waals surface area (Å²) in [5, 5.41) is 13.9. The number of hydrogen-bond donors (Lipinski definition) is 4. The van der Waals surface area contributed by atoms with Crippen molar-refractivity contribution in [1.29, 1.82) is 0 Å². The van der Waals surface area contributed by atoms with Crippen molar-refractivity contribution in [2.45, 2.75) is 18.9 Å². The number of aromatic nitrogens is 3. The van der Waals surface area contributed by atoms with Gasteiger partial charge >= 0.3 is 0 Å². The van der Waals surface area contributed by atoms with E-state index in [1.165, 1.54) is 6.33 Å². The van der Waals surface area contributed by atoms with Gasteiger partial charge in [0.2, 0.25) is 17.8 Å². The van der Waals surface area contributed by atoms with Crippen molar-refractivity contribution in [3.8, 4) is 0 Å². The molecule has 0 saturated heterocycles. The number of nitrogens with one attached hydrogen (secondary N) is 4. The predicted molar refractivity (Wildman–Crippen MR) is 80.6 cm³/mol. The highest BCUT2D eigenvalue weighted by molar-refractivity contribution is 6.09. The zero-order chi connectivity index (χ0) is 16.2. The minimum atomic E-state index is -0.782. The van der Waals surface area contributed by atoms with Crippen LogP contribution in [-0.4, -0.2) is 38.9 Å². The van der Waals surface area contributed by atoms with Crippen LogP contribution < -0.4 is 16.0 Å². The lowest BCUT2D eigenvalue weighted by Gasteiger charge is -2.13. The van der Waals surface area contributed by atoms with Crippen LogP contribution in [0.15, 0.2) is 30.6 Å². The van der Waals surface area contributed by atoms with E-state index in [2.05, 4.69) is 31.1 Å². The Morgan fingerprint density at radius 2 is 2.09 bits per heavy atom. The maximum absolute atomic E-state index is 12.2. The second kappa shape index (κ2) is 6.26. The molecule has 0 fully saturated rings. The Kier molecular flexibility index (Phi) is 4.00. The monoisotopic (exact) mass is 314 g/mol. The summed E-state index contributed by atoms with van der Waals surface area (Å²) in [5.41, 5.74) is 0.859. The Balaban J connectivity index is 1.62. The largest absolute Gasteiger partial charge is 0.340 e. The van der Waals surface area contributed by atoms with E-state index in [-0.39, 0.29) is 36.5 Å². The lowest BCUT2D eigenvalue weighted by molar-refractivity contribution is -0.118. The minimum absolute atomic E-state index is 0.0510. The number of rotatable bonds is 4. The predicted octanol–water partition coefficient (Wildman–Crippen LogP) is 0.274. The second-order valence-electron chi connectivity index (χ2n) is 4.98. The van der Waals surface area contributed by atoms with E-state index in [9.17, 15) is 14.4 Å². The normalized spacial score (nSPS) is 16.8. The van der Waals surface area contributed by atoms with Crippen LogP contribution in [0.4, 0.5) is 11.6 Å². The van der Waals surface area contributed by atoms with E-state index < -0.39 is 6.04 Å².